The fourth-order valence-corrected chi connectivity index (χ4v) is 1.66. The van der Waals surface area contributed by atoms with Gasteiger partial charge in [-0.2, -0.15) is 5.10 Å². The lowest BCUT2D eigenvalue weighted by atomic mass is 10.0. The zero-order valence-electron chi connectivity index (χ0n) is 9.06. The molecule has 2 heterocycles. The first-order valence-electron chi connectivity index (χ1n) is 4.92. The Kier molecular flexibility index (Phi) is 2.26. The first-order chi connectivity index (χ1) is 7.11. The van der Waals surface area contributed by atoms with Gasteiger partial charge >= 0.3 is 0 Å². The minimum Gasteiger partial charge on any atom is -0.310 e. The van der Waals surface area contributed by atoms with Crippen LogP contribution in [0, 0.1) is 0 Å². The molecule has 2 rings (SSSR count). The van der Waals surface area contributed by atoms with E-state index < -0.39 is 0 Å². The van der Waals surface area contributed by atoms with Crippen LogP contribution in [0.2, 0.25) is 0 Å². The van der Waals surface area contributed by atoms with Crippen LogP contribution in [0.3, 0.4) is 0 Å². The molecule has 0 aliphatic rings. The molecule has 4 nitrogen and oxygen atoms in total. The molecule has 15 heavy (non-hydrogen) atoms. The van der Waals surface area contributed by atoms with E-state index in [1.54, 1.807) is 23.9 Å². The Balaban J connectivity index is 2.95. The van der Waals surface area contributed by atoms with Gasteiger partial charge in [0.25, 0.3) is 5.56 Å². The quantitative estimate of drug-likeness (QED) is 0.704. The topological polar surface area (TPSA) is 47.8 Å². The number of fused-ring (bicyclic) bond motifs is 1. The van der Waals surface area contributed by atoms with Crippen molar-refractivity contribution in [1.82, 2.24) is 14.8 Å². The summed E-state index contributed by atoms with van der Waals surface area (Å²) in [7, 11) is 1.75. The van der Waals surface area contributed by atoms with Crippen LogP contribution < -0.4 is 5.56 Å². The minimum absolute atomic E-state index is 0.000741. The molecule has 2 aromatic heterocycles. The first-order valence-corrected chi connectivity index (χ1v) is 4.92. The molecule has 0 amide bonds. The van der Waals surface area contributed by atoms with Gasteiger partial charge in [-0.15, -0.1) is 5.10 Å². The van der Waals surface area contributed by atoms with Crippen LogP contribution in [0.1, 0.15) is 25.3 Å². The van der Waals surface area contributed by atoms with Crippen LogP contribution >= 0.6 is 0 Å². The molecule has 0 radical (unpaired) electrons. The van der Waals surface area contributed by atoms with Crippen LogP contribution in [0.25, 0.3) is 11.0 Å². The van der Waals surface area contributed by atoms with Crippen molar-refractivity contribution in [3.05, 3.63) is 34.2 Å². The van der Waals surface area contributed by atoms with Crippen molar-refractivity contribution in [3.63, 3.8) is 0 Å². The lowest BCUT2D eigenvalue weighted by molar-refractivity contribution is 0.834. The Hall–Kier alpha value is -1.71. The van der Waals surface area contributed by atoms with Crippen molar-refractivity contribution in [2.75, 3.05) is 0 Å². The monoisotopic (exact) mass is 203 g/mol. The normalized spacial score (nSPS) is 11.2. The highest BCUT2D eigenvalue weighted by Crippen LogP contribution is 2.20. The van der Waals surface area contributed by atoms with Gasteiger partial charge in [0.05, 0.1) is 11.7 Å². The van der Waals surface area contributed by atoms with E-state index in [2.05, 4.69) is 10.2 Å². The van der Waals surface area contributed by atoms with Crippen molar-refractivity contribution >= 4 is 11.0 Å². The number of aryl methyl sites for hydroxylation is 1. The highest BCUT2D eigenvalue weighted by Gasteiger charge is 2.10. The van der Waals surface area contributed by atoms with Crippen molar-refractivity contribution < 1.29 is 0 Å². The number of rotatable bonds is 1. The van der Waals surface area contributed by atoms with Crippen LogP contribution in [0.15, 0.2) is 23.1 Å². The first kappa shape index (κ1) is 9.83. The van der Waals surface area contributed by atoms with Crippen molar-refractivity contribution in [1.29, 1.82) is 0 Å². The summed E-state index contributed by atoms with van der Waals surface area (Å²) >= 11 is 0. The SMILES string of the molecule is CC(C)c1cc(=O)n(C)c2ccnnc12. The summed E-state index contributed by atoms with van der Waals surface area (Å²) in [5, 5.41) is 7.96. The molecule has 0 unspecified atom stereocenters. The van der Waals surface area contributed by atoms with Crippen molar-refractivity contribution in [2.24, 2.45) is 7.05 Å². The summed E-state index contributed by atoms with van der Waals surface area (Å²) in [5.41, 5.74) is 2.61. The smallest absolute Gasteiger partial charge is 0.251 e. The molecule has 0 bridgehead atoms. The van der Waals surface area contributed by atoms with Gasteiger partial charge in [-0.05, 0) is 17.5 Å². The third-order valence-electron chi connectivity index (χ3n) is 2.57. The highest BCUT2D eigenvalue weighted by atomic mass is 16.1. The zero-order chi connectivity index (χ0) is 11.0. The van der Waals surface area contributed by atoms with Gasteiger partial charge in [-0.3, -0.25) is 4.79 Å². The van der Waals surface area contributed by atoms with E-state index in [0.29, 0.717) is 0 Å². The molecule has 0 saturated carbocycles. The zero-order valence-corrected chi connectivity index (χ0v) is 9.06. The predicted octanol–water partition coefficient (Wildman–Crippen LogP) is 1.45. The molecule has 2 aromatic rings. The van der Waals surface area contributed by atoms with Gasteiger partial charge in [0.1, 0.15) is 5.52 Å². The summed E-state index contributed by atoms with van der Waals surface area (Å²) in [4.78, 5) is 11.7. The van der Waals surface area contributed by atoms with Crippen molar-refractivity contribution in [3.8, 4) is 0 Å². The molecule has 78 valence electrons. The number of aromatic nitrogens is 3. The average molecular weight is 203 g/mol. The molecule has 0 fully saturated rings. The summed E-state index contributed by atoms with van der Waals surface area (Å²) in [5.74, 6) is 0.276. The molecule has 0 aliphatic heterocycles. The van der Waals surface area contributed by atoms with E-state index in [1.807, 2.05) is 19.9 Å². The highest BCUT2D eigenvalue weighted by molar-refractivity contribution is 5.77. The second-order valence-corrected chi connectivity index (χ2v) is 3.92. The molecule has 0 saturated heterocycles. The van der Waals surface area contributed by atoms with E-state index in [0.717, 1.165) is 16.6 Å². The second kappa shape index (κ2) is 3.46. The van der Waals surface area contributed by atoms with Gasteiger partial charge in [-0.1, -0.05) is 13.8 Å². The van der Waals surface area contributed by atoms with Gasteiger partial charge in [0.2, 0.25) is 0 Å². The van der Waals surface area contributed by atoms with Crippen LogP contribution in [-0.4, -0.2) is 14.8 Å². The Bertz CT molecular complexity index is 557. The van der Waals surface area contributed by atoms with E-state index in [4.69, 9.17) is 0 Å². The van der Waals surface area contributed by atoms with Gasteiger partial charge in [0, 0.05) is 13.1 Å². The van der Waals surface area contributed by atoms with Crippen LogP contribution in [-0.2, 0) is 7.05 Å². The molecular formula is C11H13N3O. The molecule has 4 heteroatoms. The van der Waals surface area contributed by atoms with Gasteiger partial charge < -0.3 is 4.57 Å². The maximum absolute atomic E-state index is 11.7. The fraction of sp³-hybridized carbons (Fsp3) is 0.364. The number of hydrogen-bond acceptors (Lipinski definition) is 3. The Morgan fingerprint density at radius 2 is 2.13 bits per heavy atom. The average Bonchev–Trinajstić information content (AvgIpc) is 2.23. The van der Waals surface area contributed by atoms with E-state index >= 15 is 0 Å². The molecule has 0 aliphatic carbocycles. The lowest BCUT2D eigenvalue weighted by Crippen LogP contribution is -2.18. The largest absolute Gasteiger partial charge is 0.310 e. The Morgan fingerprint density at radius 1 is 1.40 bits per heavy atom. The number of pyridine rings is 1. The standard InChI is InChI=1S/C11H13N3O/c1-7(2)8-6-10(15)14(3)9-4-5-12-13-11(8)9/h4-7H,1-3H3. The maximum Gasteiger partial charge on any atom is 0.251 e. The Morgan fingerprint density at radius 3 is 2.80 bits per heavy atom. The lowest BCUT2D eigenvalue weighted by Gasteiger charge is -2.10. The summed E-state index contributed by atoms with van der Waals surface area (Å²) in [6, 6.07) is 3.46. The van der Waals surface area contributed by atoms with Crippen LogP contribution in [0.4, 0.5) is 0 Å². The molecule has 0 spiro atoms. The molecular weight excluding hydrogens is 190 g/mol. The molecule has 0 aromatic carbocycles. The summed E-state index contributed by atoms with van der Waals surface area (Å²) in [6.45, 7) is 4.09. The van der Waals surface area contributed by atoms with Gasteiger partial charge in [-0.25, -0.2) is 0 Å². The summed E-state index contributed by atoms with van der Waals surface area (Å²) < 4.78 is 1.59. The fourth-order valence-electron chi connectivity index (χ4n) is 1.66. The number of nitrogens with zero attached hydrogens (tertiary/aromatic N) is 3. The predicted molar refractivity (Wildman–Crippen MR) is 58.9 cm³/mol. The second-order valence-electron chi connectivity index (χ2n) is 3.92. The van der Waals surface area contributed by atoms with Gasteiger partial charge in [0.15, 0.2) is 0 Å². The van der Waals surface area contributed by atoms with Crippen LogP contribution in [0.5, 0.6) is 0 Å². The van der Waals surface area contributed by atoms with E-state index in [1.165, 1.54) is 0 Å². The van der Waals surface area contributed by atoms with E-state index in [9.17, 15) is 4.79 Å². The third-order valence-corrected chi connectivity index (χ3v) is 2.57. The molecule has 0 atom stereocenters. The Labute approximate surface area is 87.6 Å². The molecule has 0 N–H and O–H groups in total. The summed E-state index contributed by atoms with van der Waals surface area (Å²) in [6.07, 6.45) is 1.60. The minimum atomic E-state index is -0.000741. The third kappa shape index (κ3) is 1.52. The maximum atomic E-state index is 11.7. The van der Waals surface area contributed by atoms with E-state index in [-0.39, 0.29) is 11.5 Å². The van der Waals surface area contributed by atoms with Crippen molar-refractivity contribution in [2.45, 2.75) is 19.8 Å². The number of hydrogen-bond donors (Lipinski definition) is 0.